The smallest absolute Gasteiger partial charge is 0.147 e. The van der Waals surface area contributed by atoms with E-state index in [1.165, 1.54) is 0 Å². The van der Waals surface area contributed by atoms with Gasteiger partial charge in [-0.2, -0.15) is 0 Å². The number of aryl methyl sites for hydroxylation is 1. The van der Waals surface area contributed by atoms with E-state index in [9.17, 15) is 0 Å². The Morgan fingerprint density at radius 1 is 1.25 bits per heavy atom. The maximum absolute atomic E-state index is 5.21. The Balaban J connectivity index is 2.47. The zero-order valence-electron chi connectivity index (χ0n) is 9.14. The number of rotatable bonds is 1. The molecule has 0 spiro atoms. The standard InChI is InChI=1S/C12H11N3O/c1-8-6-13-12-10-5-9(16-2)3-4-11(10)14-7-15(8)12/h3-7H,1-2H3. The van der Waals surface area contributed by atoms with Crippen LogP contribution in [-0.4, -0.2) is 21.5 Å². The molecule has 0 bridgehead atoms. The zero-order valence-corrected chi connectivity index (χ0v) is 9.14. The van der Waals surface area contributed by atoms with Crippen LogP contribution < -0.4 is 4.74 Å². The number of hydrogen-bond acceptors (Lipinski definition) is 3. The molecular weight excluding hydrogens is 202 g/mol. The summed E-state index contributed by atoms with van der Waals surface area (Å²) < 4.78 is 7.19. The summed E-state index contributed by atoms with van der Waals surface area (Å²) in [5.41, 5.74) is 2.92. The van der Waals surface area contributed by atoms with Crippen LogP contribution in [-0.2, 0) is 0 Å². The maximum atomic E-state index is 5.21. The summed E-state index contributed by atoms with van der Waals surface area (Å²) in [5, 5.41) is 1.01. The molecule has 4 nitrogen and oxygen atoms in total. The summed E-state index contributed by atoms with van der Waals surface area (Å²) in [5.74, 6) is 0.822. The molecule has 2 heterocycles. The number of nitrogens with zero attached hydrogens (tertiary/aromatic N) is 3. The van der Waals surface area contributed by atoms with Gasteiger partial charge in [0, 0.05) is 17.3 Å². The monoisotopic (exact) mass is 213 g/mol. The molecule has 4 heteroatoms. The van der Waals surface area contributed by atoms with E-state index in [-0.39, 0.29) is 0 Å². The van der Waals surface area contributed by atoms with Crippen molar-refractivity contribution in [2.45, 2.75) is 6.92 Å². The van der Waals surface area contributed by atoms with Gasteiger partial charge in [0.2, 0.25) is 0 Å². The molecular formula is C12H11N3O. The van der Waals surface area contributed by atoms with E-state index < -0.39 is 0 Å². The van der Waals surface area contributed by atoms with Crippen LogP contribution >= 0.6 is 0 Å². The minimum absolute atomic E-state index is 0.822. The highest BCUT2D eigenvalue weighted by Crippen LogP contribution is 2.22. The molecule has 0 saturated carbocycles. The second kappa shape index (κ2) is 3.20. The summed E-state index contributed by atoms with van der Waals surface area (Å²) in [4.78, 5) is 8.77. The fraction of sp³-hybridized carbons (Fsp3) is 0.167. The average molecular weight is 213 g/mol. The third-order valence-electron chi connectivity index (χ3n) is 2.74. The lowest BCUT2D eigenvalue weighted by atomic mass is 10.2. The van der Waals surface area contributed by atoms with Gasteiger partial charge in [0.05, 0.1) is 12.6 Å². The predicted octanol–water partition coefficient (Wildman–Crippen LogP) is 2.20. The van der Waals surface area contributed by atoms with Crippen LogP contribution in [0.3, 0.4) is 0 Å². The first-order valence-corrected chi connectivity index (χ1v) is 5.06. The number of hydrogen-bond donors (Lipinski definition) is 0. The third-order valence-corrected chi connectivity index (χ3v) is 2.74. The minimum Gasteiger partial charge on any atom is -0.497 e. The molecule has 0 aliphatic carbocycles. The Labute approximate surface area is 92.5 Å². The highest BCUT2D eigenvalue weighted by Gasteiger charge is 2.06. The van der Waals surface area contributed by atoms with E-state index in [2.05, 4.69) is 9.97 Å². The lowest BCUT2D eigenvalue weighted by Crippen LogP contribution is -1.92. The molecule has 0 atom stereocenters. The number of methoxy groups -OCH3 is 1. The number of aromatic nitrogens is 3. The Morgan fingerprint density at radius 3 is 2.94 bits per heavy atom. The predicted molar refractivity (Wildman–Crippen MR) is 61.8 cm³/mol. The normalized spacial score (nSPS) is 11.1. The Morgan fingerprint density at radius 2 is 2.12 bits per heavy atom. The summed E-state index contributed by atoms with van der Waals surface area (Å²) in [6, 6.07) is 5.81. The van der Waals surface area contributed by atoms with Gasteiger partial charge in [-0.05, 0) is 25.1 Å². The van der Waals surface area contributed by atoms with Crippen LogP contribution in [0, 0.1) is 6.92 Å². The van der Waals surface area contributed by atoms with Crippen LogP contribution in [0.1, 0.15) is 5.69 Å². The largest absolute Gasteiger partial charge is 0.497 e. The molecule has 0 radical (unpaired) electrons. The Hall–Kier alpha value is -2.10. The zero-order chi connectivity index (χ0) is 11.1. The van der Waals surface area contributed by atoms with E-state index in [0.717, 1.165) is 28.0 Å². The first-order chi connectivity index (χ1) is 7.79. The van der Waals surface area contributed by atoms with Crippen molar-refractivity contribution in [2.75, 3.05) is 7.11 Å². The number of ether oxygens (including phenoxy) is 1. The van der Waals surface area contributed by atoms with Crippen LogP contribution in [0.25, 0.3) is 16.6 Å². The molecule has 1 aromatic carbocycles. The van der Waals surface area contributed by atoms with Crippen molar-refractivity contribution >= 4 is 16.6 Å². The summed E-state index contributed by atoms with van der Waals surface area (Å²) in [7, 11) is 1.66. The molecule has 0 aliphatic heterocycles. The van der Waals surface area contributed by atoms with Crippen LogP contribution in [0.4, 0.5) is 0 Å². The first-order valence-electron chi connectivity index (χ1n) is 5.06. The summed E-state index contributed by atoms with van der Waals surface area (Å²) in [6.07, 6.45) is 3.64. The van der Waals surface area contributed by atoms with E-state index in [1.807, 2.05) is 35.7 Å². The Kier molecular flexibility index (Phi) is 1.83. The fourth-order valence-electron chi connectivity index (χ4n) is 1.84. The highest BCUT2D eigenvalue weighted by atomic mass is 16.5. The molecule has 3 rings (SSSR count). The quantitative estimate of drug-likeness (QED) is 0.622. The van der Waals surface area contributed by atoms with Gasteiger partial charge in [-0.3, -0.25) is 4.40 Å². The van der Waals surface area contributed by atoms with Gasteiger partial charge in [-0.25, -0.2) is 9.97 Å². The molecule has 2 aromatic heterocycles. The van der Waals surface area contributed by atoms with Crippen molar-refractivity contribution < 1.29 is 4.74 Å². The van der Waals surface area contributed by atoms with E-state index in [4.69, 9.17) is 4.74 Å². The van der Waals surface area contributed by atoms with Crippen molar-refractivity contribution in [3.8, 4) is 5.75 Å². The van der Waals surface area contributed by atoms with Crippen LogP contribution in [0.5, 0.6) is 5.75 Å². The van der Waals surface area contributed by atoms with Crippen molar-refractivity contribution in [1.29, 1.82) is 0 Å². The van der Waals surface area contributed by atoms with E-state index >= 15 is 0 Å². The highest BCUT2D eigenvalue weighted by molar-refractivity contribution is 5.92. The van der Waals surface area contributed by atoms with Crippen molar-refractivity contribution in [1.82, 2.24) is 14.4 Å². The number of imidazole rings is 1. The van der Waals surface area contributed by atoms with Gasteiger partial charge in [0.1, 0.15) is 17.7 Å². The Bertz CT molecular complexity index is 672. The first kappa shape index (κ1) is 9.15. The fourth-order valence-corrected chi connectivity index (χ4v) is 1.84. The minimum atomic E-state index is 0.822. The molecule has 80 valence electrons. The second-order valence-corrected chi connectivity index (χ2v) is 3.72. The van der Waals surface area contributed by atoms with E-state index in [1.54, 1.807) is 13.4 Å². The van der Waals surface area contributed by atoms with Gasteiger partial charge in [0.15, 0.2) is 0 Å². The SMILES string of the molecule is COc1ccc2ncn3c(C)cnc3c2c1. The molecule has 3 aromatic rings. The molecule has 0 amide bonds. The lowest BCUT2D eigenvalue weighted by Gasteiger charge is -2.03. The lowest BCUT2D eigenvalue weighted by molar-refractivity contribution is 0.415. The summed E-state index contributed by atoms with van der Waals surface area (Å²) >= 11 is 0. The van der Waals surface area contributed by atoms with Crippen LogP contribution in [0.15, 0.2) is 30.7 Å². The van der Waals surface area contributed by atoms with Gasteiger partial charge in [-0.1, -0.05) is 0 Å². The molecule has 16 heavy (non-hydrogen) atoms. The topological polar surface area (TPSA) is 39.4 Å². The van der Waals surface area contributed by atoms with Crippen molar-refractivity contribution in [3.63, 3.8) is 0 Å². The number of benzene rings is 1. The van der Waals surface area contributed by atoms with Crippen LogP contribution in [0.2, 0.25) is 0 Å². The summed E-state index contributed by atoms with van der Waals surface area (Å²) in [6.45, 7) is 2.01. The molecule has 0 aliphatic rings. The maximum Gasteiger partial charge on any atom is 0.147 e. The average Bonchev–Trinajstić information content (AvgIpc) is 2.71. The van der Waals surface area contributed by atoms with Crippen molar-refractivity contribution in [3.05, 3.63) is 36.4 Å². The second-order valence-electron chi connectivity index (χ2n) is 3.72. The molecule has 0 saturated heterocycles. The van der Waals surface area contributed by atoms with Gasteiger partial charge in [-0.15, -0.1) is 0 Å². The number of fused-ring (bicyclic) bond motifs is 3. The molecule has 0 fully saturated rings. The van der Waals surface area contributed by atoms with Gasteiger partial charge < -0.3 is 4.74 Å². The van der Waals surface area contributed by atoms with Gasteiger partial charge in [0.25, 0.3) is 0 Å². The van der Waals surface area contributed by atoms with Gasteiger partial charge >= 0.3 is 0 Å². The van der Waals surface area contributed by atoms with Crippen molar-refractivity contribution in [2.24, 2.45) is 0 Å². The molecule has 0 unspecified atom stereocenters. The van der Waals surface area contributed by atoms with E-state index in [0.29, 0.717) is 0 Å². The third kappa shape index (κ3) is 1.16. The molecule has 0 N–H and O–H groups in total.